The highest BCUT2D eigenvalue weighted by Gasteiger charge is 2.40. The topological polar surface area (TPSA) is 33.1 Å². The second-order valence-electron chi connectivity index (χ2n) is 8.99. The molecule has 4 nitrogen and oxygen atoms in total. The van der Waals surface area contributed by atoms with E-state index < -0.39 is 0 Å². The molecule has 3 rings (SSSR count). The Morgan fingerprint density at radius 1 is 1.09 bits per heavy atom. The maximum atomic E-state index is 4.32. The van der Waals surface area contributed by atoms with Crippen LogP contribution in [0, 0.1) is 5.92 Å². The first-order valence-corrected chi connectivity index (χ1v) is 9.34. The lowest BCUT2D eigenvalue weighted by atomic mass is 9.78. The fraction of sp³-hybridized carbons (Fsp3) is 0.842. The standard InChI is InChI=1S/C19H34N4/c1-18(2)14-17(15-19(3,4)21-18)22-11-6-16(7-12-22)8-13-23-10-5-9-20-23/h5,9-10,16-17,21H,6-8,11-15H2,1-4H3. The average Bonchev–Trinajstić information content (AvgIpc) is 2.95. The first kappa shape index (κ1) is 17.0. The molecule has 23 heavy (non-hydrogen) atoms. The molecule has 2 fully saturated rings. The normalized spacial score (nSPS) is 26.4. The molecule has 0 aliphatic carbocycles. The highest BCUT2D eigenvalue weighted by molar-refractivity contribution is 5.00. The molecular weight excluding hydrogens is 284 g/mol. The van der Waals surface area contributed by atoms with Gasteiger partial charge in [0.05, 0.1) is 0 Å². The summed E-state index contributed by atoms with van der Waals surface area (Å²) >= 11 is 0. The lowest BCUT2D eigenvalue weighted by molar-refractivity contribution is 0.0428. The van der Waals surface area contributed by atoms with Crippen molar-refractivity contribution >= 4 is 0 Å². The lowest BCUT2D eigenvalue weighted by Gasteiger charge is -2.51. The molecule has 0 bridgehead atoms. The molecule has 130 valence electrons. The van der Waals surface area contributed by atoms with Gasteiger partial charge in [-0.3, -0.25) is 4.68 Å². The van der Waals surface area contributed by atoms with Gasteiger partial charge in [-0.2, -0.15) is 5.10 Å². The Morgan fingerprint density at radius 2 is 1.74 bits per heavy atom. The fourth-order valence-electron chi connectivity index (χ4n) is 4.88. The van der Waals surface area contributed by atoms with Gasteiger partial charge in [0, 0.05) is 36.1 Å². The van der Waals surface area contributed by atoms with E-state index in [0.717, 1.165) is 18.5 Å². The van der Waals surface area contributed by atoms with Crippen LogP contribution in [0.5, 0.6) is 0 Å². The summed E-state index contributed by atoms with van der Waals surface area (Å²) < 4.78 is 2.07. The van der Waals surface area contributed by atoms with Crippen LogP contribution in [0.15, 0.2) is 18.5 Å². The van der Waals surface area contributed by atoms with E-state index in [1.54, 1.807) is 0 Å². The average molecular weight is 319 g/mol. The van der Waals surface area contributed by atoms with Crippen molar-refractivity contribution in [3.05, 3.63) is 18.5 Å². The van der Waals surface area contributed by atoms with Crippen molar-refractivity contribution in [3.8, 4) is 0 Å². The molecule has 3 heterocycles. The fourth-order valence-corrected chi connectivity index (χ4v) is 4.88. The van der Waals surface area contributed by atoms with Gasteiger partial charge >= 0.3 is 0 Å². The third kappa shape index (κ3) is 4.57. The van der Waals surface area contributed by atoms with Crippen molar-refractivity contribution < 1.29 is 0 Å². The predicted octanol–water partition coefficient (Wildman–Crippen LogP) is 3.29. The number of rotatable bonds is 4. The summed E-state index contributed by atoms with van der Waals surface area (Å²) in [7, 11) is 0. The number of likely N-dealkylation sites (tertiary alicyclic amines) is 1. The Balaban J connectivity index is 1.48. The van der Waals surface area contributed by atoms with Crippen LogP contribution in [0.25, 0.3) is 0 Å². The van der Waals surface area contributed by atoms with E-state index >= 15 is 0 Å². The van der Waals surface area contributed by atoms with Crippen molar-refractivity contribution in [1.29, 1.82) is 0 Å². The molecule has 2 saturated heterocycles. The third-order valence-electron chi connectivity index (χ3n) is 5.66. The minimum Gasteiger partial charge on any atom is -0.307 e. The molecule has 1 N–H and O–H groups in total. The van der Waals surface area contributed by atoms with Crippen molar-refractivity contribution in [1.82, 2.24) is 20.0 Å². The summed E-state index contributed by atoms with van der Waals surface area (Å²) in [6.07, 6.45) is 10.5. The number of piperidine rings is 2. The third-order valence-corrected chi connectivity index (χ3v) is 5.66. The maximum Gasteiger partial charge on any atom is 0.0489 e. The smallest absolute Gasteiger partial charge is 0.0489 e. The van der Waals surface area contributed by atoms with Crippen molar-refractivity contribution in [2.75, 3.05) is 13.1 Å². The molecule has 0 unspecified atom stereocenters. The summed E-state index contributed by atoms with van der Waals surface area (Å²) in [6, 6.07) is 2.76. The molecule has 0 spiro atoms. The molecule has 4 heteroatoms. The van der Waals surface area contributed by atoms with Crippen LogP contribution in [0.4, 0.5) is 0 Å². The number of hydrogen-bond donors (Lipinski definition) is 1. The minimum absolute atomic E-state index is 0.253. The Labute approximate surface area is 141 Å². The quantitative estimate of drug-likeness (QED) is 0.925. The summed E-state index contributed by atoms with van der Waals surface area (Å²) in [4.78, 5) is 2.77. The predicted molar refractivity (Wildman–Crippen MR) is 95.5 cm³/mol. The van der Waals surface area contributed by atoms with E-state index in [-0.39, 0.29) is 11.1 Å². The SMILES string of the molecule is CC1(C)CC(N2CCC(CCn3cccn3)CC2)CC(C)(C)N1. The molecule has 0 amide bonds. The lowest BCUT2D eigenvalue weighted by Crippen LogP contribution is -2.62. The van der Waals surface area contributed by atoms with Crippen LogP contribution < -0.4 is 5.32 Å². The van der Waals surface area contributed by atoms with Crippen LogP contribution in [-0.2, 0) is 6.54 Å². The Kier molecular flexibility index (Phi) is 4.84. The largest absolute Gasteiger partial charge is 0.307 e. The van der Waals surface area contributed by atoms with Gasteiger partial charge in [-0.05, 0) is 84.9 Å². The first-order valence-electron chi connectivity index (χ1n) is 9.34. The van der Waals surface area contributed by atoms with Crippen LogP contribution in [0.2, 0.25) is 0 Å². The summed E-state index contributed by atoms with van der Waals surface area (Å²) in [5, 5.41) is 8.13. The Morgan fingerprint density at radius 3 is 2.30 bits per heavy atom. The Bertz CT molecular complexity index is 467. The molecule has 0 radical (unpaired) electrons. The van der Waals surface area contributed by atoms with E-state index in [4.69, 9.17) is 0 Å². The number of aromatic nitrogens is 2. The summed E-state index contributed by atoms with van der Waals surface area (Å²) in [5.74, 6) is 0.873. The zero-order valence-electron chi connectivity index (χ0n) is 15.4. The van der Waals surface area contributed by atoms with E-state index in [1.165, 1.54) is 45.2 Å². The molecule has 0 aromatic carbocycles. The molecule has 0 atom stereocenters. The molecule has 1 aromatic rings. The zero-order chi connectivity index (χ0) is 16.5. The number of aryl methyl sites for hydroxylation is 1. The van der Waals surface area contributed by atoms with Crippen molar-refractivity contribution in [2.24, 2.45) is 5.92 Å². The number of nitrogens with one attached hydrogen (secondary N) is 1. The molecule has 2 aliphatic heterocycles. The van der Waals surface area contributed by atoms with Crippen molar-refractivity contribution in [3.63, 3.8) is 0 Å². The van der Waals surface area contributed by atoms with Gasteiger partial charge in [0.15, 0.2) is 0 Å². The Hall–Kier alpha value is -0.870. The van der Waals surface area contributed by atoms with E-state index in [0.29, 0.717) is 0 Å². The number of hydrogen-bond acceptors (Lipinski definition) is 3. The van der Waals surface area contributed by atoms with Gasteiger partial charge in [-0.1, -0.05) is 0 Å². The molecule has 2 aliphatic rings. The summed E-state index contributed by atoms with van der Waals surface area (Å²) in [6.45, 7) is 13.1. The van der Waals surface area contributed by atoms with Gasteiger partial charge in [-0.15, -0.1) is 0 Å². The van der Waals surface area contributed by atoms with Crippen LogP contribution in [-0.4, -0.2) is 44.9 Å². The van der Waals surface area contributed by atoms with E-state index in [1.807, 2.05) is 12.3 Å². The van der Waals surface area contributed by atoms with E-state index in [9.17, 15) is 0 Å². The van der Waals surface area contributed by atoms with Crippen molar-refractivity contribution in [2.45, 2.75) is 83.5 Å². The van der Waals surface area contributed by atoms with Crippen LogP contribution in [0.1, 0.15) is 59.8 Å². The molecular formula is C19H34N4. The van der Waals surface area contributed by atoms with Crippen LogP contribution in [0.3, 0.4) is 0 Å². The van der Waals surface area contributed by atoms with E-state index in [2.05, 4.69) is 53.9 Å². The zero-order valence-corrected chi connectivity index (χ0v) is 15.4. The van der Waals surface area contributed by atoms with Gasteiger partial charge < -0.3 is 10.2 Å². The second kappa shape index (κ2) is 6.56. The second-order valence-corrected chi connectivity index (χ2v) is 8.99. The highest BCUT2D eigenvalue weighted by Crippen LogP contribution is 2.33. The highest BCUT2D eigenvalue weighted by atomic mass is 15.3. The monoisotopic (exact) mass is 318 g/mol. The molecule has 0 saturated carbocycles. The van der Waals surface area contributed by atoms with Gasteiger partial charge in [-0.25, -0.2) is 0 Å². The maximum absolute atomic E-state index is 4.32. The molecule has 1 aromatic heterocycles. The minimum atomic E-state index is 0.253. The van der Waals surface area contributed by atoms with Gasteiger partial charge in [0.2, 0.25) is 0 Å². The van der Waals surface area contributed by atoms with Gasteiger partial charge in [0.1, 0.15) is 0 Å². The van der Waals surface area contributed by atoms with Gasteiger partial charge in [0.25, 0.3) is 0 Å². The number of nitrogens with zero attached hydrogens (tertiary/aromatic N) is 3. The first-order chi connectivity index (χ1) is 10.8. The summed E-state index contributed by atoms with van der Waals surface area (Å²) in [5.41, 5.74) is 0.507. The van der Waals surface area contributed by atoms with Crippen LogP contribution >= 0.6 is 0 Å².